The van der Waals surface area contributed by atoms with Gasteiger partial charge in [-0.3, -0.25) is 0 Å². The third kappa shape index (κ3) is 4.25. The van der Waals surface area contributed by atoms with Crippen LogP contribution in [0.1, 0.15) is 30.8 Å². The number of rotatable bonds is 3. The van der Waals surface area contributed by atoms with Gasteiger partial charge in [-0.05, 0) is 25.8 Å². The van der Waals surface area contributed by atoms with Gasteiger partial charge in [-0.15, -0.1) is 0 Å². The molecular formula is C11H21N3O. The molecule has 0 spiro atoms. The molecule has 0 saturated heterocycles. The molecule has 0 radical (unpaired) electrons. The molecule has 0 aliphatic heterocycles. The molecule has 0 saturated carbocycles. The number of anilines is 1. The zero-order valence-corrected chi connectivity index (χ0v) is 10.3. The summed E-state index contributed by atoms with van der Waals surface area (Å²) >= 11 is 0. The van der Waals surface area contributed by atoms with Gasteiger partial charge in [-0.1, -0.05) is 13.8 Å². The average Bonchev–Trinajstić information content (AvgIpc) is 2.19. The molecule has 86 valence electrons. The van der Waals surface area contributed by atoms with Crippen molar-refractivity contribution in [2.24, 2.45) is 0 Å². The van der Waals surface area contributed by atoms with E-state index >= 15 is 0 Å². The van der Waals surface area contributed by atoms with Crippen molar-refractivity contribution in [2.45, 2.75) is 34.1 Å². The number of aryl methyl sites for hydroxylation is 2. The number of methoxy groups -OCH3 is 1. The fourth-order valence-corrected chi connectivity index (χ4v) is 1.33. The van der Waals surface area contributed by atoms with Crippen molar-refractivity contribution >= 4 is 5.95 Å². The van der Waals surface area contributed by atoms with Crippen molar-refractivity contribution in [3.8, 4) is 0 Å². The molecule has 1 aromatic rings. The molecule has 2 N–H and O–H groups in total. The Morgan fingerprint density at radius 2 is 1.60 bits per heavy atom. The molecule has 0 amide bonds. The second kappa shape index (κ2) is 7.17. The van der Waals surface area contributed by atoms with Crippen molar-refractivity contribution in [3.63, 3.8) is 0 Å². The van der Waals surface area contributed by atoms with Crippen LogP contribution in [-0.2, 0) is 11.2 Å². The Balaban J connectivity index is 0.000000921. The number of aromatic nitrogens is 2. The zero-order chi connectivity index (χ0) is 11.8. The number of hydrogen-bond donors (Lipinski definition) is 1. The van der Waals surface area contributed by atoms with Crippen molar-refractivity contribution in [1.29, 1.82) is 0 Å². The summed E-state index contributed by atoms with van der Waals surface area (Å²) in [6, 6.07) is 0. The van der Waals surface area contributed by atoms with Crippen LogP contribution in [0.15, 0.2) is 0 Å². The van der Waals surface area contributed by atoms with Crippen molar-refractivity contribution in [1.82, 2.24) is 9.97 Å². The highest BCUT2D eigenvalue weighted by molar-refractivity contribution is 5.30. The zero-order valence-electron chi connectivity index (χ0n) is 10.3. The summed E-state index contributed by atoms with van der Waals surface area (Å²) in [6.45, 7) is 8.57. The molecule has 0 bridgehead atoms. The molecule has 0 atom stereocenters. The molecule has 0 fully saturated rings. The first-order valence-electron chi connectivity index (χ1n) is 5.23. The van der Waals surface area contributed by atoms with Crippen molar-refractivity contribution in [3.05, 3.63) is 17.0 Å². The van der Waals surface area contributed by atoms with Crippen LogP contribution in [0.2, 0.25) is 0 Å². The van der Waals surface area contributed by atoms with Crippen LogP contribution in [0.3, 0.4) is 0 Å². The minimum Gasteiger partial charge on any atom is -0.384 e. The van der Waals surface area contributed by atoms with Crippen LogP contribution >= 0.6 is 0 Å². The second-order valence-corrected chi connectivity index (χ2v) is 2.97. The molecule has 1 heterocycles. The summed E-state index contributed by atoms with van der Waals surface area (Å²) < 4.78 is 5.00. The van der Waals surface area contributed by atoms with E-state index in [1.54, 1.807) is 7.11 Å². The Labute approximate surface area is 91.9 Å². The third-order valence-electron chi connectivity index (χ3n) is 1.99. The van der Waals surface area contributed by atoms with E-state index in [-0.39, 0.29) is 0 Å². The highest BCUT2D eigenvalue weighted by Gasteiger charge is 2.05. The first kappa shape index (κ1) is 13.8. The van der Waals surface area contributed by atoms with Gasteiger partial charge in [0.2, 0.25) is 5.95 Å². The van der Waals surface area contributed by atoms with Gasteiger partial charge < -0.3 is 10.5 Å². The Bertz CT molecular complexity index is 277. The Morgan fingerprint density at radius 1 is 1.13 bits per heavy atom. The van der Waals surface area contributed by atoms with E-state index in [4.69, 9.17) is 10.5 Å². The van der Waals surface area contributed by atoms with Gasteiger partial charge in [0.15, 0.2) is 0 Å². The van der Waals surface area contributed by atoms with Gasteiger partial charge in [0, 0.05) is 18.5 Å². The molecule has 4 heteroatoms. The number of nitrogens with two attached hydrogens (primary N) is 1. The molecule has 0 aromatic carbocycles. The number of nitrogen functional groups attached to an aromatic ring is 1. The first-order valence-corrected chi connectivity index (χ1v) is 5.23. The summed E-state index contributed by atoms with van der Waals surface area (Å²) in [6.07, 6.45) is 0.842. The van der Waals surface area contributed by atoms with Crippen LogP contribution in [0.4, 0.5) is 5.95 Å². The van der Waals surface area contributed by atoms with Gasteiger partial charge in [-0.2, -0.15) is 0 Å². The Kier molecular flexibility index (Phi) is 6.62. The van der Waals surface area contributed by atoms with Gasteiger partial charge in [0.05, 0.1) is 6.61 Å². The molecule has 15 heavy (non-hydrogen) atoms. The van der Waals surface area contributed by atoms with Crippen LogP contribution < -0.4 is 5.73 Å². The van der Waals surface area contributed by atoms with E-state index in [2.05, 4.69) is 9.97 Å². The van der Waals surface area contributed by atoms with Crippen LogP contribution in [-0.4, -0.2) is 23.7 Å². The lowest BCUT2D eigenvalue weighted by Gasteiger charge is -2.07. The maximum atomic E-state index is 5.50. The first-order chi connectivity index (χ1) is 7.15. The van der Waals surface area contributed by atoms with E-state index in [0.29, 0.717) is 12.6 Å². The van der Waals surface area contributed by atoms with Crippen LogP contribution in [0.25, 0.3) is 0 Å². The van der Waals surface area contributed by atoms with Crippen LogP contribution in [0.5, 0.6) is 0 Å². The monoisotopic (exact) mass is 211 g/mol. The summed E-state index contributed by atoms with van der Waals surface area (Å²) in [4.78, 5) is 8.20. The predicted molar refractivity (Wildman–Crippen MR) is 62.8 cm³/mol. The van der Waals surface area contributed by atoms with Gasteiger partial charge in [-0.25, -0.2) is 9.97 Å². The van der Waals surface area contributed by atoms with Gasteiger partial charge in [0.25, 0.3) is 0 Å². The molecule has 4 nitrogen and oxygen atoms in total. The second-order valence-electron chi connectivity index (χ2n) is 2.97. The molecular weight excluding hydrogens is 190 g/mol. The highest BCUT2D eigenvalue weighted by atomic mass is 16.5. The molecule has 1 aromatic heterocycles. The normalized spacial score (nSPS) is 9.40. The fraction of sp³-hybridized carbons (Fsp3) is 0.636. The lowest BCUT2D eigenvalue weighted by atomic mass is 10.1. The van der Waals surface area contributed by atoms with Crippen molar-refractivity contribution < 1.29 is 4.74 Å². The summed E-state index contributed by atoms with van der Waals surface area (Å²) in [7, 11) is 1.68. The van der Waals surface area contributed by atoms with Crippen LogP contribution in [0, 0.1) is 13.8 Å². The quantitative estimate of drug-likeness (QED) is 0.829. The van der Waals surface area contributed by atoms with Gasteiger partial charge in [0.1, 0.15) is 0 Å². The molecule has 0 aliphatic carbocycles. The number of hydrogen-bond acceptors (Lipinski definition) is 4. The van der Waals surface area contributed by atoms with E-state index in [1.807, 2.05) is 27.7 Å². The lowest BCUT2D eigenvalue weighted by Crippen LogP contribution is -2.07. The molecule has 0 aliphatic rings. The summed E-state index contributed by atoms with van der Waals surface area (Å²) in [5.74, 6) is 0.344. The lowest BCUT2D eigenvalue weighted by molar-refractivity contribution is 0.202. The Morgan fingerprint density at radius 3 is 2.00 bits per heavy atom. The smallest absolute Gasteiger partial charge is 0.220 e. The predicted octanol–water partition coefficient (Wildman–Crippen LogP) is 1.89. The minimum atomic E-state index is 0.344. The largest absolute Gasteiger partial charge is 0.384 e. The summed E-state index contributed by atoms with van der Waals surface area (Å²) in [5, 5.41) is 0. The highest BCUT2D eigenvalue weighted by Crippen LogP contribution is 2.11. The number of nitrogens with zero attached hydrogens (tertiary/aromatic N) is 2. The maximum absolute atomic E-state index is 5.50. The van der Waals surface area contributed by atoms with Crippen molar-refractivity contribution in [2.75, 3.05) is 19.5 Å². The third-order valence-corrected chi connectivity index (χ3v) is 1.99. The Hall–Kier alpha value is -1.16. The van der Waals surface area contributed by atoms with E-state index in [9.17, 15) is 0 Å². The van der Waals surface area contributed by atoms with E-state index < -0.39 is 0 Å². The number of ether oxygens (including phenoxy) is 1. The minimum absolute atomic E-state index is 0.344. The standard InChI is InChI=1S/C9H15N3O.C2H6/c1-6-8(4-5-13-3)7(2)12-9(10)11-6;1-2/h4-5H2,1-3H3,(H2,10,11,12);1-2H3. The topological polar surface area (TPSA) is 61.0 Å². The SMILES string of the molecule is CC.COCCc1c(C)nc(N)nc1C. The van der Waals surface area contributed by atoms with E-state index in [0.717, 1.165) is 23.4 Å². The van der Waals surface area contributed by atoms with E-state index in [1.165, 1.54) is 0 Å². The van der Waals surface area contributed by atoms with Gasteiger partial charge >= 0.3 is 0 Å². The average molecular weight is 211 g/mol. The summed E-state index contributed by atoms with van der Waals surface area (Å²) in [5.41, 5.74) is 8.53. The molecule has 0 unspecified atom stereocenters. The molecule has 1 rings (SSSR count). The fourth-order valence-electron chi connectivity index (χ4n) is 1.33. The maximum Gasteiger partial charge on any atom is 0.220 e.